The van der Waals surface area contributed by atoms with Crippen molar-refractivity contribution in [3.8, 4) is 0 Å². The van der Waals surface area contributed by atoms with Gasteiger partial charge < -0.3 is 9.84 Å². The average molecular weight is 307 g/mol. The minimum absolute atomic E-state index is 0.222. The molecule has 1 heterocycles. The summed E-state index contributed by atoms with van der Waals surface area (Å²) in [5, 5.41) is 10.2. The van der Waals surface area contributed by atoms with Crippen LogP contribution in [0.25, 0.3) is 0 Å². The Morgan fingerprint density at radius 2 is 2.18 bits per heavy atom. The molecule has 1 aliphatic heterocycles. The molecule has 0 unspecified atom stereocenters. The van der Waals surface area contributed by atoms with Crippen LogP contribution >= 0.6 is 0 Å². The first kappa shape index (κ1) is 17.1. The number of hydrogen-bond donors (Lipinski definition) is 1. The largest absolute Gasteiger partial charge is 0.392 e. The summed E-state index contributed by atoms with van der Waals surface area (Å²) in [5.41, 5.74) is 1.05. The van der Waals surface area contributed by atoms with E-state index in [2.05, 4.69) is 11.5 Å². The van der Waals surface area contributed by atoms with Crippen molar-refractivity contribution < 1.29 is 14.2 Å². The Bertz CT molecular complexity index is 443. The van der Waals surface area contributed by atoms with Gasteiger partial charge in [0.25, 0.3) is 0 Å². The topological polar surface area (TPSA) is 32.7 Å². The fraction of sp³-hybridized carbons (Fsp3) is 0.556. The molecule has 2 atom stereocenters. The molecule has 0 radical (unpaired) electrons. The highest BCUT2D eigenvalue weighted by molar-refractivity contribution is 5.15. The molecule has 3 nitrogen and oxygen atoms in total. The summed E-state index contributed by atoms with van der Waals surface area (Å²) in [5.74, 6) is -0.222. The molecule has 4 heteroatoms. The molecule has 0 aromatic heterocycles. The van der Waals surface area contributed by atoms with Crippen LogP contribution in [-0.4, -0.2) is 41.9 Å². The van der Waals surface area contributed by atoms with Crippen LogP contribution in [0.15, 0.2) is 36.9 Å². The van der Waals surface area contributed by atoms with Gasteiger partial charge in [-0.1, -0.05) is 18.2 Å². The second kappa shape index (κ2) is 9.03. The smallest absolute Gasteiger partial charge is 0.123 e. The van der Waals surface area contributed by atoms with E-state index in [1.54, 1.807) is 12.1 Å². The van der Waals surface area contributed by atoms with E-state index in [1.165, 1.54) is 12.1 Å². The van der Waals surface area contributed by atoms with Crippen molar-refractivity contribution in [1.82, 2.24) is 4.90 Å². The molecule has 1 fully saturated rings. The summed E-state index contributed by atoms with van der Waals surface area (Å²) < 4.78 is 18.7. The van der Waals surface area contributed by atoms with Gasteiger partial charge in [0, 0.05) is 26.2 Å². The zero-order valence-electron chi connectivity index (χ0n) is 13.1. The van der Waals surface area contributed by atoms with Gasteiger partial charge in [-0.25, -0.2) is 4.39 Å². The van der Waals surface area contributed by atoms with Gasteiger partial charge in [0.1, 0.15) is 5.82 Å². The molecule has 122 valence electrons. The van der Waals surface area contributed by atoms with Crippen LogP contribution in [0.3, 0.4) is 0 Å². The number of benzene rings is 1. The van der Waals surface area contributed by atoms with Crippen LogP contribution in [0.5, 0.6) is 0 Å². The lowest BCUT2D eigenvalue weighted by Gasteiger charge is -2.27. The lowest BCUT2D eigenvalue weighted by Crippen LogP contribution is -2.37. The molecule has 0 aliphatic carbocycles. The van der Waals surface area contributed by atoms with Crippen molar-refractivity contribution >= 4 is 0 Å². The van der Waals surface area contributed by atoms with Crippen molar-refractivity contribution in [1.29, 1.82) is 0 Å². The fourth-order valence-electron chi connectivity index (χ4n) is 2.83. The third-order valence-corrected chi connectivity index (χ3v) is 3.98. The van der Waals surface area contributed by atoms with E-state index in [9.17, 15) is 9.50 Å². The Hall–Kier alpha value is -1.23. The maximum Gasteiger partial charge on any atom is 0.123 e. The third kappa shape index (κ3) is 5.87. The van der Waals surface area contributed by atoms with Gasteiger partial charge >= 0.3 is 0 Å². The van der Waals surface area contributed by atoms with E-state index in [1.807, 2.05) is 6.08 Å². The van der Waals surface area contributed by atoms with E-state index in [0.717, 1.165) is 44.4 Å². The Balaban J connectivity index is 1.93. The number of aliphatic hydroxyl groups is 1. The van der Waals surface area contributed by atoms with E-state index in [-0.39, 0.29) is 18.0 Å². The predicted molar refractivity (Wildman–Crippen MR) is 86.1 cm³/mol. The molecule has 0 spiro atoms. The number of ether oxygens (including phenoxy) is 1. The minimum Gasteiger partial charge on any atom is -0.392 e. The van der Waals surface area contributed by atoms with E-state index < -0.39 is 0 Å². The lowest BCUT2D eigenvalue weighted by molar-refractivity contribution is 0.0445. The minimum atomic E-state index is -0.375. The van der Waals surface area contributed by atoms with Gasteiger partial charge in [-0.3, -0.25) is 4.90 Å². The monoisotopic (exact) mass is 307 g/mol. The molecule has 1 saturated heterocycles. The highest BCUT2D eigenvalue weighted by Gasteiger charge is 2.21. The van der Waals surface area contributed by atoms with Crippen LogP contribution in [0.4, 0.5) is 4.39 Å². The Morgan fingerprint density at radius 3 is 2.82 bits per heavy atom. The molecule has 1 aromatic carbocycles. The summed E-state index contributed by atoms with van der Waals surface area (Å²) >= 11 is 0. The van der Waals surface area contributed by atoms with Gasteiger partial charge in [0.05, 0.1) is 12.2 Å². The summed E-state index contributed by atoms with van der Waals surface area (Å²) in [4.78, 5) is 2.21. The Morgan fingerprint density at radius 1 is 1.41 bits per heavy atom. The maximum absolute atomic E-state index is 13.0. The Labute approximate surface area is 132 Å². The first-order valence-corrected chi connectivity index (χ1v) is 8.04. The fourth-order valence-corrected chi connectivity index (χ4v) is 2.83. The standard InChI is InChI=1S/C18H26FNO2/c1-2-3-5-17(21)13-20(14-18-6-4-11-22-18)12-15-7-9-16(19)10-8-15/h2,7-10,17-18,21H,1,3-6,11-14H2/t17-,18+/m1/s1. The second-order valence-corrected chi connectivity index (χ2v) is 5.98. The summed E-state index contributed by atoms with van der Waals surface area (Å²) in [6.07, 6.45) is 5.40. The summed E-state index contributed by atoms with van der Waals surface area (Å²) in [6.45, 7) is 6.63. The van der Waals surface area contributed by atoms with Crippen LogP contribution < -0.4 is 0 Å². The molecular formula is C18H26FNO2. The van der Waals surface area contributed by atoms with Crippen molar-refractivity contribution in [2.75, 3.05) is 19.7 Å². The number of rotatable bonds is 9. The molecule has 2 rings (SSSR count). The first-order chi connectivity index (χ1) is 10.7. The SMILES string of the molecule is C=CCC[C@@H](O)CN(Cc1ccc(F)cc1)C[C@@H]1CCCO1. The third-order valence-electron chi connectivity index (χ3n) is 3.98. The second-order valence-electron chi connectivity index (χ2n) is 5.98. The summed E-state index contributed by atoms with van der Waals surface area (Å²) in [7, 11) is 0. The zero-order valence-corrected chi connectivity index (χ0v) is 13.1. The van der Waals surface area contributed by atoms with Crippen molar-refractivity contribution in [3.63, 3.8) is 0 Å². The van der Waals surface area contributed by atoms with E-state index in [0.29, 0.717) is 13.1 Å². The van der Waals surface area contributed by atoms with Crippen molar-refractivity contribution in [2.24, 2.45) is 0 Å². The van der Waals surface area contributed by atoms with Gasteiger partial charge in [0.15, 0.2) is 0 Å². The highest BCUT2D eigenvalue weighted by atomic mass is 19.1. The molecular weight excluding hydrogens is 281 g/mol. The van der Waals surface area contributed by atoms with Crippen molar-refractivity contribution in [2.45, 2.75) is 44.4 Å². The zero-order chi connectivity index (χ0) is 15.8. The number of aliphatic hydroxyl groups excluding tert-OH is 1. The van der Waals surface area contributed by atoms with E-state index >= 15 is 0 Å². The first-order valence-electron chi connectivity index (χ1n) is 8.04. The molecule has 0 bridgehead atoms. The van der Waals surface area contributed by atoms with Gasteiger partial charge in [-0.05, 0) is 43.4 Å². The average Bonchev–Trinajstić information content (AvgIpc) is 3.00. The Kier molecular flexibility index (Phi) is 7.03. The molecule has 1 N–H and O–H groups in total. The molecule has 1 aliphatic rings. The molecule has 22 heavy (non-hydrogen) atoms. The number of hydrogen-bond acceptors (Lipinski definition) is 3. The summed E-state index contributed by atoms with van der Waals surface area (Å²) in [6, 6.07) is 6.56. The van der Waals surface area contributed by atoms with Crippen LogP contribution in [-0.2, 0) is 11.3 Å². The van der Waals surface area contributed by atoms with Crippen LogP contribution in [0, 0.1) is 5.82 Å². The van der Waals surface area contributed by atoms with Crippen LogP contribution in [0.2, 0.25) is 0 Å². The predicted octanol–water partition coefficient (Wildman–Crippen LogP) is 3.13. The quantitative estimate of drug-likeness (QED) is 0.712. The number of halogens is 1. The number of allylic oxidation sites excluding steroid dienone is 1. The van der Waals surface area contributed by atoms with Crippen LogP contribution in [0.1, 0.15) is 31.2 Å². The highest BCUT2D eigenvalue weighted by Crippen LogP contribution is 2.16. The molecule has 0 amide bonds. The van der Waals surface area contributed by atoms with Gasteiger partial charge in [0.2, 0.25) is 0 Å². The van der Waals surface area contributed by atoms with Gasteiger partial charge in [-0.2, -0.15) is 0 Å². The van der Waals surface area contributed by atoms with Crippen molar-refractivity contribution in [3.05, 3.63) is 48.3 Å². The normalized spacial score (nSPS) is 19.5. The molecule has 0 saturated carbocycles. The van der Waals surface area contributed by atoms with E-state index in [4.69, 9.17) is 4.74 Å². The van der Waals surface area contributed by atoms with Gasteiger partial charge in [-0.15, -0.1) is 6.58 Å². The number of nitrogens with zero attached hydrogens (tertiary/aromatic N) is 1. The lowest BCUT2D eigenvalue weighted by atomic mass is 10.1. The maximum atomic E-state index is 13.0. The molecule has 1 aromatic rings.